The Morgan fingerprint density at radius 1 is 0.784 bits per heavy atom. The molecule has 37 heavy (non-hydrogen) atoms. The van der Waals surface area contributed by atoms with Crippen LogP contribution < -0.4 is 16.0 Å². The van der Waals surface area contributed by atoms with Crippen molar-refractivity contribution < 1.29 is 14.5 Å². The summed E-state index contributed by atoms with van der Waals surface area (Å²) in [7, 11) is 0. The van der Waals surface area contributed by atoms with Crippen molar-refractivity contribution in [2.45, 2.75) is 46.0 Å². The van der Waals surface area contributed by atoms with Gasteiger partial charge in [-0.2, -0.15) is 0 Å². The molecule has 1 aliphatic rings. The number of nitrogens with zero attached hydrogens (tertiary/aromatic N) is 1. The van der Waals surface area contributed by atoms with Crippen LogP contribution in [0.2, 0.25) is 0 Å². The fourth-order valence-electron chi connectivity index (χ4n) is 4.53. The van der Waals surface area contributed by atoms with Gasteiger partial charge in [-0.1, -0.05) is 54.7 Å². The van der Waals surface area contributed by atoms with Crippen molar-refractivity contribution in [3.8, 4) is 0 Å². The lowest BCUT2D eigenvalue weighted by Gasteiger charge is -2.22. The number of hydrogen-bond donors (Lipinski definition) is 3. The zero-order valence-electron chi connectivity index (χ0n) is 21.2. The minimum absolute atomic E-state index is 0.154. The molecular formula is C29H32N4O4. The molecule has 3 N–H and O–H groups in total. The molecule has 1 aliphatic carbocycles. The minimum Gasteiger partial charge on any atom is -0.379 e. The Morgan fingerprint density at radius 3 is 1.76 bits per heavy atom. The van der Waals surface area contributed by atoms with E-state index in [-0.39, 0.29) is 23.0 Å². The van der Waals surface area contributed by atoms with Crippen molar-refractivity contribution >= 4 is 34.6 Å². The molecule has 4 rings (SSSR count). The van der Waals surface area contributed by atoms with Crippen molar-refractivity contribution in [2.75, 3.05) is 22.5 Å². The first-order valence-electron chi connectivity index (χ1n) is 12.6. The van der Waals surface area contributed by atoms with E-state index in [0.717, 1.165) is 36.8 Å². The lowest BCUT2D eigenvalue weighted by Crippen LogP contribution is -2.19. The fourth-order valence-corrected chi connectivity index (χ4v) is 4.53. The Labute approximate surface area is 216 Å². The van der Waals surface area contributed by atoms with Gasteiger partial charge < -0.3 is 16.0 Å². The van der Waals surface area contributed by atoms with Crippen LogP contribution in [-0.2, 0) is 0 Å². The highest BCUT2D eigenvalue weighted by Gasteiger charge is 2.23. The van der Waals surface area contributed by atoms with Crippen LogP contribution in [0.3, 0.4) is 0 Å². The van der Waals surface area contributed by atoms with Crippen LogP contribution >= 0.6 is 0 Å². The minimum atomic E-state index is -0.476. The zero-order valence-corrected chi connectivity index (χ0v) is 21.2. The maximum atomic E-state index is 13.0. The van der Waals surface area contributed by atoms with Crippen molar-refractivity contribution in [3.05, 3.63) is 93.0 Å². The standard InChI is InChI=1S/C29H32N4O4/c1-19-8-12-22(13-9-19)28(34)31-24-16-26(30-18-21-6-4-3-5-7-21)27(33(36)37)17-25(24)32-29(35)23-14-10-20(2)11-15-23/h8-17,21,30H,3-7,18H2,1-2H3,(H,31,34)(H,32,35). The predicted molar refractivity (Wildman–Crippen MR) is 146 cm³/mol. The Balaban J connectivity index is 1.66. The van der Waals surface area contributed by atoms with Gasteiger partial charge in [0.1, 0.15) is 5.69 Å². The fraction of sp³-hybridized carbons (Fsp3) is 0.310. The molecule has 0 saturated heterocycles. The predicted octanol–water partition coefficient (Wildman–Crippen LogP) is 6.71. The molecule has 0 aromatic heterocycles. The summed E-state index contributed by atoms with van der Waals surface area (Å²) in [4.78, 5) is 37.5. The topological polar surface area (TPSA) is 113 Å². The average molecular weight is 501 g/mol. The molecule has 8 nitrogen and oxygen atoms in total. The van der Waals surface area contributed by atoms with Gasteiger partial charge in [-0.15, -0.1) is 0 Å². The number of aryl methyl sites for hydroxylation is 2. The van der Waals surface area contributed by atoms with Gasteiger partial charge in [-0.05, 0) is 62.9 Å². The Morgan fingerprint density at radius 2 is 1.27 bits per heavy atom. The Kier molecular flexibility index (Phi) is 8.18. The number of hydrogen-bond acceptors (Lipinski definition) is 5. The number of amides is 2. The number of anilines is 3. The maximum absolute atomic E-state index is 13.0. The van der Waals surface area contributed by atoms with Gasteiger partial charge in [-0.3, -0.25) is 19.7 Å². The molecule has 0 bridgehead atoms. The second kappa shape index (κ2) is 11.7. The highest BCUT2D eigenvalue weighted by Crippen LogP contribution is 2.36. The highest BCUT2D eigenvalue weighted by atomic mass is 16.6. The summed E-state index contributed by atoms with van der Waals surface area (Å²) in [5.74, 6) is -0.360. The SMILES string of the molecule is Cc1ccc(C(=O)Nc2cc(NCC3CCCCC3)c([N+](=O)[O-])cc2NC(=O)c2ccc(C)cc2)cc1. The number of nitrogens with one attached hydrogen (secondary N) is 3. The molecule has 0 aliphatic heterocycles. The van der Waals surface area contributed by atoms with Gasteiger partial charge in [0.25, 0.3) is 17.5 Å². The van der Waals surface area contributed by atoms with Gasteiger partial charge in [0.2, 0.25) is 0 Å². The van der Waals surface area contributed by atoms with Gasteiger partial charge in [0.15, 0.2) is 0 Å². The third-order valence-electron chi connectivity index (χ3n) is 6.76. The van der Waals surface area contributed by atoms with Gasteiger partial charge in [-0.25, -0.2) is 0 Å². The summed E-state index contributed by atoms with van der Waals surface area (Å²) in [5, 5.41) is 20.8. The summed E-state index contributed by atoms with van der Waals surface area (Å²) in [6.45, 7) is 4.46. The lowest BCUT2D eigenvalue weighted by atomic mass is 9.89. The van der Waals surface area contributed by atoms with E-state index in [2.05, 4.69) is 16.0 Å². The lowest BCUT2D eigenvalue weighted by molar-refractivity contribution is -0.383. The molecule has 3 aromatic rings. The quantitative estimate of drug-likeness (QED) is 0.235. The first-order chi connectivity index (χ1) is 17.8. The molecule has 0 spiro atoms. The van der Waals surface area contributed by atoms with Crippen molar-refractivity contribution in [1.82, 2.24) is 0 Å². The Bertz CT molecular complexity index is 1280. The smallest absolute Gasteiger partial charge is 0.294 e. The van der Waals surface area contributed by atoms with Crippen LogP contribution in [0.15, 0.2) is 60.7 Å². The maximum Gasteiger partial charge on any atom is 0.294 e. The molecule has 3 aromatic carbocycles. The average Bonchev–Trinajstić information content (AvgIpc) is 2.89. The molecule has 192 valence electrons. The van der Waals surface area contributed by atoms with E-state index in [0.29, 0.717) is 29.3 Å². The summed E-state index contributed by atoms with van der Waals surface area (Å²) in [6.07, 6.45) is 5.72. The summed E-state index contributed by atoms with van der Waals surface area (Å²) < 4.78 is 0. The van der Waals surface area contributed by atoms with Crippen molar-refractivity contribution in [2.24, 2.45) is 5.92 Å². The number of benzene rings is 3. The van der Waals surface area contributed by atoms with Gasteiger partial charge >= 0.3 is 0 Å². The number of rotatable bonds is 8. The number of carbonyl (C=O) groups excluding carboxylic acids is 2. The van der Waals surface area contributed by atoms with E-state index < -0.39 is 10.8 Å². The van der Waals surface area contributed by atoms with E-state index in [1.807, 2.05) is 38.1 Å². The normalized spacial score (nSPS) is 13.6. The molecule has 0 radical (unpaired) electrons. The number of carbonyl (C=O) groups is 2. The van der Waals surface area contributed by atoms with E-state index in [4.69, 9.17) is 0 Å². The second-order valence-electron chi connectivity index (χ2n) is 9.70. The number of nitro groups is 1. The third kappa shape index (κ3) is 6.73. The molecule has 1 fully saturated rings. The van der Waals surface area contributed by atoms with Crippen molar-refractivity contribution in [1.29, 1.82) is 0 Å². The molecule has 8 heteroatoms. The second-order valence-corrected chi connectivity index (χ2v) is 9.70. The van der Waals surface area contributed by atoms with Crippen LogP contribution in [-0.4, -0.2) is 23.3 Å². The molecule has 0 heterocycles. The molecular weight excluding hydrogens is 468 g/mol. The molecule has 0 atom stereocenters. The summed E-state index contributed by atoms with van der Waals surface area (Å²) in [6, 6.07) is 16.9. The van der Waals surface area contributed by atoms with Crippen molar-refractivity contribution in [3.63, 3.8) is 0 Å². The monoisotopic (exact) mass is 500 g/mol. The largest absolute Gasteiger partial charge is 0.379 e. The van der Waals surface area contributed by atoms with E-state index in [1.54, 1.807) is 24.3 Å². The van der Waals surface area contributed by atoms with Crippen LogP contribution in [0, 0.1) is 29.9 Å². The first-order valence-corrected chi connectivity index (χ1v) is 12.6. The summed E-state index contributed by atoms with van der Waals surface area (Å²) in [5.41, 5.74) is 3.45. The van der Waals surface area contributed by atoms with Crippen LogP contribution in [0.25, 0.3) is 0 Å². The first kappa shape index (κ1) is 25.9. The number of nitro benzene ring substituents is 1. The van der Waals surface area contributed by atoms with E-state index in [9.17, 15) is 19.7 Å². The van der Waals surface area contributed by atoms with Gasteiger partial charge in [0, 0.05) is 23.7 Å². The molecule has 1 saturated carbocycles. The highest BCUT2D eigenvalue weighted by molar-refractivity contribution is 6.10. The molecule has 2 amide bonds. The van der Waals surface area contributed by atoms with Gasteiger partial charge in [0.05, 0.1) is 16.3 Å². The third-order valence-corrected chi connectivity index (χ3v) is 6.76. The van der Waals surface area contributed by atoms with E-state index >= 15 is 0 Å². The summed E-state index contributed by atoms with van der Waals surface area (Å²) >= 11 is 0. The van der Waals surface area contributed by atoms with Crippen LogP contribution in [0.1, 0.15) is 63.9 Å². The van der Waals surface area contributed by atoms with E-state index in [1.165, 1.54) is 18.6 Å². The van der Waals surface area contributed by atoms with Crippen LogP contribution in [0.5, 0.6) is 0 Å². The molecule has 0 unspecified atom stereocenters. The zero-order chi connectivity index (χ0) is 26.4. The Hall–Kier alpha value is -4.20. The van der Waals surface area contributed by atoms with Crippen LogP contribution in [0.4, 0.5) is 22.7 Å².